The van der Waals surface area contributed by atoms with Gasteiger partial charge in [0.25, 0.3) is 0 Å². The van der Waals surface area contributed by atoms with Crippen molar-refractivity contribution in [3.05, 3.63) is 46.6 Å². The van der Waals surface area contributed by atoms with E-state index in [2.05, 4.69) is 36.2 Å². The zero-order chi connectivity index (χ0) is 15.7. The summed E-state index contributed by atoms with van der Waals surface area (Å²) in [7, 11) is 1.74. The maximum absolute atomic E-state index is 10.3. The number of amidine groups is 1. The number of fused-ring (bicyclic) bond motifs is 1. The maximum atomic E-state index is 10.3. The van der Waals surface area contributed by atoms with E-state index >= 15 is 0 Å². The lowest BCUT2D eigenvalue weighted by atomic mass is 10.2. The molecule has 112 valence electrons. The van der Waals surface area contributed by atoms with Gasteiger partial charge in [-0.15, -0.1) is 0 Å². The number of rotatable bonds is 3. The summed E-state index contributed by atoms with van der Waals surface area (Å²) in [5.74, 6) is 0.478. The molecule has 0 bridgehead atoms. The van der Waals surface area contributed by atoms with Gasteiger partial charge in [0.05, 0.1) is 11.2 Å². The predicted molar refractivity (Wildman–Crippen MR) is 88.7 cm³/mol. The molecule has 0 radical (unpaired) electrons. The van der Waals surface area contributed by atoms with Gasteiger partial charge in [0.2, 0.25) is 5.95 Å². The molecule has 0 aliphatic heterocycles. The van der Waals surface area contributed by atoms with Gasteiger partial charge in [0, 0.05) is 23.3 Å². The van der Waals surface area contributed by atoms with Crippen molar-refractivity contribution in [2.24, 2.45) is 0 Å². The van der Waals surface area contributed by atoms with Crippen LogP contribution in [0.5, 0.6) is 0 Å². The Balaban J connectivity index is 2.03. The van der Waals surface area contributed by atoms with Crippen LogP contribution in [0.4, 0.5) is 11.6 Å². The first-order valence-corrected chi connectivity index (χ1v) is 7.25. The third kappa shape index (κ3) is 2.53. The summed E-state index contributed by atoms with van der Waals surface area (Å²) in [5.41, 5.74) is 2.05. The number of pyridine rings is 1. The van der Waals surface area contributed by atoms with Gasteiger partial charge >= 0.3 is 0 Å². The van der Waals surface area contributed by atoms with E-state index < -0.39 is 0 Å². The summed E-state index contributed by atoms with van der Waals surface area (Å²) in [5, 5.41) is 22.3. The van der Waals surface area contributed by atoms with E-state index in [9.17, 15) is 5.21 Å². The Kier molecular flexibility index (Phi) is 3.78. The lowest BCUT2D eigenvalue weighted by Gasteiger charge is -2.18. The molecule has 0 saturated heterocycles. The molecule has 2 aromatic heterocycles. The molecule has 0 atom stereocenters. The van der Waals surface area contributed by atoms with Crippen LogP contribution in [0, 0.1) is 5.41 Å². The first-order valence-electron chi connectivity index (χ1n) is 6.46. The van der Waals surface area contributed by atoms with Crippen LogP contribution in [-0.2, 0) is 0 Å². The molecule has 2 heterocycles. The van der Waals surface area contributed by atoms with Crippen LogP contribution in [0.25, 0.3) is 11.2 Å². The number of nitrogens with one attached hydrogen (secondary N) is 3. The molecule has 3 rings (SSSR count). The molecule has 0 spiro atoms. The number of imidazole rings is 1. The van der Waals surface area contributed by atoms with Gasteiger partial charge in [0.1, 0.15) is 0 Å². The van der Waals surface area contributed by atoms with Crippen LogP contribution < -0.4 is 10.4 Å². The van der Waals surface area contributed by atoms with Gasteiger partial charge in [-0.3, -0.25) is 10.6 Å². The van der Waals surface area contributed by atoms with Crippen molar-refractivity contribution in [1.29, 1.82) is 5.41 Å². The van der Waals surface area contributed by atoms with Gasteiger partial charge in [-0.1, -0.05) is 22.0 Å². The summed E-state index contributed by atoms with van der Waals surface area (Å²) >= 11 is 3.35. The van der Waals surface area contributed by atoms with E-state index in [1.54, 1.807) is 37.5 Å². The number of benzene rings is 1. The van der Waals surface area contributed by atoms with Gasteiger partial charge < -0.3 is 10.3 Å². The van der Waals surface area contributed by atoms with E-state index in [0.29, 0.717) is 28.4 Å². The molecule has 0 fully saturated rings. The zero-order valence-corrected chi connectivity index (χ0v) is 13.2. The van der Waals surface area contributed by atoms with E-state index in [1.807, 2.05) is 6.07 Å². The SMILES string of the molecule is CNc1nc2nccc(C(=N)N(O)c3cccc(Br)c3)c2[nH]1. The molecule has 7 nitrogen and oxygen atoms in total. The molecule has 0 unspecified atom stereocenters. The second-order valence-corrected chi connectivity index (χ2v) is 5.45. The first-order chi connectivity index (χ1) is 10.6. The Bertz CT molecular complexity index is 846. The van der Waals surface area contributed by atoms with Crippen LogP contribution in [-0.4, -0.2) is 33.0 Å². The summed E-state index contributed by atoms with van der Waals surface area (Å²) in [6.07, 6.45) is 1.56. The topological polar surface area (TPSA) is 101 Å². The van der Waals surface area contributed by atoms with Gasteiger partial charge in [-0.2, -0.15) is 4.98 Å². The van der Waals surface area contributed by atoms with Crippen LogP contribution >= 0.6 is 15.9 Å². The fourth-order valence-corrected chi connectivity index (χ4v) is 2.46. The Morgan fingerprint density at radius 3 is 2.95 bits per heavy atom. The van der Waals surface area contributed by atoms with E-state index in [-0.39, 0.29) is 5.84 Å². The van der Waals surface area contributed by atoms with E-state index in [4.69, 9.17) is 5.41 Å². The number of nitrogens with zero attached hydrogens (tertiary/aromatic N) is 3. The average molecular weight is 361 g/mol. The molecular formula is C14H13BrN6O. The van der Waals surface area contributed by atoms with Crippen LogP contribution in [0.15, 0.2) is 41.0 Å². The fourth-order valence-electron chi connectivity index (χ4n) is 2.08. The van der Waals surface area contributed by atoms with Crippen molar-refractivity contribution in [3.8, 4) is 0 Å². The van der Waals surface area contributed by atoms with Crippen LogP contribution in [0.3, 0.4) is 0 Å². The normalized spacial score (nSPS) is 10.7. The third-order valence-corrected chi connectivity index (χ3v) is 3.64. The summed E-state index contributed by atoms with van der Waals surface area (Å²) in [6, 6.07) is 8.72. The van der Waals surface area contributed by atoms with E-state index in [1.165, 1.54) is 0 Å². The number of halogens is 1. The fraction of sp³-hybridized carbons (Fsp3) is 0.0714. The number of hydrogen-bond acceptors (Lipinski definition) is 5. The second-order valence-electron chi connectivity index (χ2n) is 4.53. The lowest BCUT2D eigenvalue weighted by Crippen LogP contribution is -2.27. The first kappa shape index (κ1) is 14.5. The summed E-state index contributed by atoms with van der Waals surface area (Å²) in [4.78, 5) is 11.4. The highest BCUT2D eigenvalue weighted by Crippen LogP contribution is 2.23. The predicted octanol–water partition coefficient (Wildman–Crippen LogP) is 2.98. The highest BCUT2D eigenvalue weighted by atomic mass is 79.9. The number of H-pyrrole nitrogens is 1. The molecule has 3 aromatic rings. The molecular weight excluding hydrogens is 348 g/mol. The highest BCUT2D eigenvalue weighted by Gasteiger charge is 2.17. The third-order valence-electron chi connectivity index (χ3n) is 3.15. The number of hydrogen-bond donors (Lipinski definition) is 4. The number of aromatic nitrogens is 3. The van der Waals surface area contributed by atoms with Crippen molar-refractivity contribution in [2.75, 3.05) is 17.4 Å². The monoisotopic (exact) mass is 360 g/mol. The number of hydroxylamine groups is 1. The van der Waals surface area contributed by atoms with Crippen molar-refractivity contribution < 1.29 is 5.21 Å². The van der Waals surface area contributed by atoms with E-state index in [0.717, 1.165) is 9.54 Å². The second kappa shape index (κ2) is 5.74. The zero-order valence-electron chi connectivity index (χ0n) is 11.6. The molecule has 8 heteroatoms. The van der Waals surface area contributed by atoms with Gasteiger partial charge in [-0.05, 0) is 24.3 Å². The van der Waals surface area contributed by atoms with Crippen LogP contribution in [0.2, 0.25) is 0 Å². The number of aromatic amines is 1. The summed E-state index contributed by atoms with van der Waals surface area (Å²) in [6.45, 7) is 0. The van der Waals surface area contributed by atoms with Crippen molar-refractivity contribution >= 4 is 44.6 Å². The smallest absolute Gasteiger partial charge is 0.202 e. The largest absolute Gasteiger partial charge is 0.359 e. The molecule has 4 N–H and O–H groups in total. The number of anilines is 2. The quantitative estimate of drug-likeness (QED) is 0.326. The standard InChI is InChI=1S/C14H13BrN6O/c1-17-14-19-11-10(5-6-18-13(11)20-14)12(16)21(22)9-4-2-3-8(15)7-9/h2-7,16,22H,1H3,(H2,17,18,19,20). The Labute approximate surface area is 134 Å². The van der Waals surface area contributed by atoms with Crippen molar-refractivity contribution in [2.45, 2.75) is 0 Å². The maximum Gasteiger partial charge on any atom is 0.202 e. The van der Waals surface area contributed by atoms with Gasteiger partial charge in [-0.25, -0.2) is 10.0 Å². The molecule has 1 aromatic carbocycles. The molecule has 0 aliphatic carbocycles. The lowest BCUT2D eigenvalue weighted by molar-refractivity contribution is 0.312. The average Bonchev–Trinajstić information content (AvgIpc) is 2.96. The Morgan fingerprint density at radius 2 is 2.23 bits per heavy atom. The molecule has 22 heavy (non-hydrogen) atoms. The summed E-state index contributed by atoms with van der Waals surface area (Å²) < 4.78 is 0.815. The van der Waals surface area contributed by atoms with Crippen LogP contribution in [0.1, 0.15) is 5.56 Å². The molecule has 0 saturated carbocycles. The minimum absolute atomic E-state index is 0.0724. The van der Waals surface area contributed by atoms with Crippen molar-refractivity contribution in [3.63, 3.8) is 0 Å². The Hall–Kier alpha value is -2.45. The van der Waals surface area contributed by atoms with Gasteiger partial charge in [0.15, 0.2) is 11.5 Å². The Morgan fingerprint density at radius 1 is 1.41 bits per heavy atom. The minimum Gasteiger partial charge on any atom is -0.359 e. The molecule has 0 aliphatic rings. The molecule has 0 amide bonds. The minimum atomic E-state index is -0.0724. The highest BCUT2D eigenvalue weighted by molar-refractivity contribution is 9.10. The van der Waals surface area contributed by atoms with Crippen molar-refractivity contribution in [1.82, 2.24) is 15.0 Å².